The van der Waals surface area contributed by atoms with Gasteiger partial charge in [-0.25, -0.2) is 0 Å². The summed E-state index contributed by atoms with van der Waals surface area (Å²) in [5.74, 6) is 0.120. The van der Waals surface area contributed by atoms with E-state index >= 15 is 0 Å². The van der Waals surface area contributed by atoms with E-state index in [4.69, 9.17) is 0 Å². The van der Waals surface area contributed by atoms with Gasteiger partial charge in [0.1, 0.15) is 0 Å². The van der Waals surface area contributed by atoms with Gasteiger partial charge in [0.05, 0.1) is 0 Å². The van der Waals surface area contributed by atoms with Crippen molar-refractivity contribution in [3.63, 3.8) is 0 Å². The second-order valence-corrected chi connectivity index (χ2v) is 6.06. The summed E-state index contributed by atoms with van der Waals surface area (Å²) in [4.78, 5) is 23.6. The third-order valence-electron chi connectivity index (χ3n) is 4.19. The summed E-state index contributed by atoms with van der Waals surface area (Å²) < 4.78 is 0. The smallest absolute Gasteiger partial charge is 0.242 e. The number of hydrazine groups is 1. The van der Waals surface area contributed by atoms with Crippen molar-refractivity contribution in [1.82, 2.24) is 10.9 Å². The highest BCUT2D eigenvalue weighted by molar-refractivity contribution is 5.85. The number of rotatable bonds is 8. The highest BCUT2D eigenvalue weighted by Crippen LogP contribution is 2.47. The van der Waals surface area contributed by atoms with Gasteiger partial charge in [-0.2, -0.15) is 0 Å². The Labute approximate surface area is 132 Å². The normalized spacial score (nSPS) is 19.5. The highest BCUT2D eigenvalue weighted by atomic mass is 16.2. The predicted octanol–water partition coefficient (Wildman–Crippen LogP) is 3.30. The van der Waals surface area contributed by atoms with Crippen molar-refractivity contribution >= 4 is 11.8 Å². The van der Waals surface area contributed by atoms with Crippen LogP contribution in [0.15, 0.2) is 30.3 Å². The Hall–Kier alpha value is -1.84. The average molecular weight is 302 g/mol. The molecule has 0 saturated heterocycles. The Bertz CT molecular complexity index is 487. The van der Waals surface area contributed by atoms with E-state index in [9.17, 15) is 9.59 Å². The molecule has 1 aliphatic rings. The third-order valence-corrected chi connectivity index (χ3v) is 4.19. The molecule has 22 heavy (non-hydrogen) atoms. The van der Waals surface area contributed by atoms with Crippen LogP contribution in [0.2, 0.25) is 0 Å². The predicted molar refractivity (Wildman–Crippen MR) is 87.0 cm³/mol. The number of amides is 2. The lowest BCUT2D eigenvalue weighted by Crippen LogP contribution is -2.42. The number of carbonyl (C=O) groups is 2. The number of carbonyl (C=O) groups excluding carboxylic acids is 2. The zero-order valence-corrected chi connectivity index (χ0v) is 13.3. The molecule has 0 radical (unpaired) electrons. The van der Waals surface area contributed by atoms with Crippen molar-refractivity contribution in [1.29, 1.82) is 0 Å². The van der Waals surface area contributed by atoms with Crippen molar-refractivity contribution in [3.8, 4) is 0 Å². The molecule has 2 amide bonds. The van der Waals surface area contributed by atoms with Gasteiger partial charge in [0.15, 0.2) is 0 Å². The quantitative estimate of drug-likeness (QED) is 0.572. The van der Waals surface area contributed by atoms with Crippen LogP contribution in [0.3, 0.4) is 0 Å². The Morgan fingerprint density at radius 2 is 1.77 bits per heavy atom. The minimum atomic E-state index is -0.0956. The molecule has 0 aliphatic heterocycles. The molecule has 0 heterocycles. The van der Waals surface area contributed by atoms with Crippen molar-refractivity contribution < 1.29 is 9.59 Å². The fourth-order valence-corrected chi connectivity index (χ4v) is 2.73. The molecule has 0 bridgehead atoms. The van der Waals surface area contributed by atoms with Gasteiger partial charge >= 0.3 is 0 Å². The second-order valence-electron chi connectivity index (χ2n) is 6.06. The molecule has 4 heteroatoms. The van der Waals surface area contributed by atoms with Crippen LogP contribution in [0.4, 0.5) is 0 Å². The summed E-state index contributed by atoms with van der Waals surface area (Å²) in [7, 11) is 0. The Balaban J connectivity index is 1.59. The van der Waals surface area contributed by atoms with Gasteiger partial charge in [-0.3, -0.25) is 20.4 Å². The van der Waals surface area contributed by atoms with Gasteiger partial charge in [0, 0.05) is 12.3 Å². The van der Waals surface area contributed by atoms with Crippen LogP contribution in [-0.4, -0.2) is 11.8 Å². The first-order chi connectivity index (χ1) is 10.7. The molecule has 0 aromatic heterocycles. The second kappa shape index (κ2) is 8.57. The minimum absolute atomic E-state index is 0.00717. The van der Waals surface area contributed by atoms with Gasteiger partial charge in [-0.1, -0.05) is 62.9 Å². The first-order valence-corrected chi connectivity index (χ1v) is 8.36. The molecule has 0 unspecified atom stereocenters. The molecule has 1 aromatic rings. The molecular formula is C18H26N2O2. The van der Waals surface area contributed by atoms with Crippen LogP contribution >= 0.6 is 0 Å². The molecular weight excluding hydrogens is 276 g/mol. The first kappa shape index (κ1) is 16.5. The molecule has 120 valence electrons. The van der Waals surface area contributed by atoms with Gasteiger partial charge in [0.25, 0.3) is 0 Å². The van der Waals surface area contributed by atoms with Gasteiger partial charge in [-0.15, -0.1) is 0 Å². The van der Waals surface area contributed by atoms with Crippen molar-refractivity contribution in [3.05, 3.63) is 35.9 Å². The monoisotopic (exact) mass is 302 g/mol. The summed E-state index contributed by atoms with van der Waals surface area (Å²) in [5, 5.41) is 0. The first-order valence-electron chi connectivity index (χ1n) is 8.36. The standard InChI is InChI=1S/C18H26N2O2/c1-2-3-4-5-9-12-17(21)19-20-18(22)16-13-15(16)14-10-7-6-8-11-14/h6-8,10-11,15-16H,2-5,9,12-13H2,1H3,(H,19,21)(H,20,22)/t15-,16+/m0/s1. The topological polar surface area (TPSA) is 58.2 Å². The lowest BCUT2D eigenvalue weighted by Gasteiger charge is -2.07. The lowest BCUT2D eigenvalue weighted by atomic mass is 10.1. The highest BCUT2D eigenvalue weighted by Gasteiger charge is 2.43. The number of hydrogen-bond acceptors (Lipinski definition) is 2. The van der Waals surface area contributed by atoms with Gasteiger partial charge in [0.2, 0.25) is 11.8 Å². The summed E-state index contributed by atoms with van der Waals surface area (Å²) >= 11 is 0. The molecule has 1 aliphatic carbocycles. The number of hydrogen-bond donors (Lipinski definition) is 2. The maximum Gasteiger partial charge on any atom is 0.242 e. The maximum atomic E-state index is 12.0. The Morgan fingerprint density at radius 1 is 1.05 bits per heavy atom. The largest absolute Gasteiger partial charge is 0.273 e. The van der Waals surface area contributed by atoms with E-state index in [0.717, 1.165) is 19.3 Å². The zero-order chi connectivity index (χ0) is 15.8. The molecule has 4 nitrogen and oxygen atoms in total. The van der Waals surface area contributed by atoms with E-state index in [-0.39, 0.29) is 17.7 Å². The fourth-order valence-electron chi connectivity index (χ4n) is 2.73. The molecule has 2 rings (SSSR count). The number of benzene rings is 1. The van der Waals surface area contributed by atoms with Crippen LogP contribution in [-0.2, 0) is 9.59 Å². The summed E-state index contributed by atoms with van der Waals surface area (Å²) in [6, 6.07) is 10.0. The molecule has 2 N–H and O–H groups in total. The summed E-state index contributed by atoms with van der Waals surface area (Å²) in [6.45, 7) is 2.17. The van der Waals surface area contributed by atoms with Gasteiger partial charge < -0.3 is 0 Å². The van der Waals surface area contributed by atoms with Crippen LogP contribution in [0.1, 0.15) is 63.4 Å². The van der Waals surface area contributed by atoms with Crippen molar-refractivity contribution in [2.24, 2.45) is 5.92 Å². The molecule has 2 atom stereocenters. The zero-order valence-electron chi connectivity index (χ0n) is 13.3. The Kier molecular flexibility index (Phi) is 6.44. The molecule has 1 aromatic carbocycles. The molecule has 1 fully saturated rings. The average Bonchev–Trinajstić information content (AvgIpc) is 3.34. The van der Waals surface area contributed by atoms with Gasteiger partial charge in [-0.05, 0) is 24.3 Å². The summed E-state index contributed by atoms with van der Waals surface area (Å²) in [6.07, 6.45) is 6.91. The van der Waals surface area contributed by atoms with Crippen molar-refractivity contribution in [2.45, 2.75) is 57.8 Å². The van der Waals surface area contributed by atoms with E-state index in [1.54, 1.807) is 0 Å². The Morgan fingerprint density at radius 3 is 2.50 bits per heavy atom. The van der Waals surface area contributed by atoms with Crippen LogP contribution < -0.4 is 10.9 Å². The van der Waals surface area contributed by atoms with E-state index in [1.807, 2.05) is 30.3 Å². The van der Waals surface area contributed by atoms with E-state index in [2.05, 4.69) is 17.8 Å². The van der Waals surface area contributed by atoms with E-state index in [1.165, 1.54) is 24.8 Å². The lowest BCUT2D eigenvalue weighted by molar-refractivity contribution is -0.129. The molecule has 1 saturated carbocycles. The van der Waals surface area contributed by atoms with Crippen LogP contribution in [0, 0.1) is 5.92 Å². The van der Waals surface area contributed by atoms with Crippen molar-refractivity contribution in [2.75, 3.05) is 0 Å². The number of nitrogens with one attached hydrogen (secondary N) is 2. The van der Waals surface area contributed by atoms with E-state index < -0.39 is 0 Å². The molecule has 0 spiro atoms. The minimum Gasteiger partial charge on any atom is -0.273 e. The maximum absolute atomic E-state index is 12.0. The SMILES string of the molecule is CCCCCCCC(=O)NNC(=O)[C@@H]1C[C@H]1c1ccccc1. The third kappa shape index (κ3) is 5.17. The van der Waals surface area contributed by atoms with Crippen LogP contribution in [0.25, 0.3) is 0 Å². The fraction of sp³-hybridized carbons (Fsp3) is 0.556. The number of unbranched alkanes of at least 4 members (excludes halogenated alkanes) is 4. The van der Waals surface area contributed by atoms with Crippen LogP contribution in [0.5, 0.6) is 0 Å². The summed E-state index contributed by atoms with van der Waals surface area (Å²) in [5.41, 5.74) is 6.28. The van der Waals surface area contributed by atoms with E-state index in [0.29, 0.717) is 12.3 Å².